The van der Waals surface area contributed by atoms with Crippen LogP contribution in [0.3, 0.4) is 0 Å². The summed E-state index contributed by atoms with van der Waals surface area (Å²) >= 11 is 0. The van der Waals surface area contributed by atoms with Gasteiger partial charge in [-0.15, -0.1) is 0 Å². The molecule has 1 aromatic rings. The number of hydrogen-bond donors (Lipinski definition) is 1. The molecule has 1 aliphatic carbocycles. The van der Waals surface area contributed by atoms with Crippen molar-refractivity contribution in [2.75, 3.05) is 20.8 Å². The molecule has 0 spiro atoms. The third kappa shape index (κ3) is 3.17. The van der Waals surface area contributed by atoms with Crippen LogP contribution in [0, 0.1) is 0 Å². The smallest absolute Gasteiger partial charge is 0.246 e. The van der Waals surface area contributed by atoms with Crippen molar-refractivity contribution in [3.63, 3.8) is 0 Å². The van der Waals surface area contributed by atoms with E-state index < -0.39 is 5.54 Å². The maximum absolute atomic E-state index is 13.1. The number of carbonyl (C=O) groups excluding carboxylic acids is 2. The number of para-hydroxylation sites is 1. The fourth-order valence-electron chi connectivity index (χ4n) is 3.96. The van der Waals surface area contributed by atoms with Crippen LogP contribution in [-0.4, -0.2) is 43.0 Å². The molecule has 1 saturated heterocycles. The van der Waals surface area contributed by atoms with Gasteiger partial charge in [0.2, 0.25) is 11.8 Å². The molecular weight excluding hydrogens is 320 g/mol. The first-order chi connectivity index (χ1) is 12.1. The van der Waals surface area contributed by atoms with Crippen LogP contribution in [0.15, 0.2) is 18.2 Å². The number of carbonyl (C=O) groups is 2. The zero-order valence-corrected chi connectivity index (χ0v) is 15.0. The number of ether oxygens (including phenoxy) is 2. The summed E-state index contributed by atoms with van der Waals surface area (Å²) in [6.45, 7) is 1.04. The molecule has 1 saturated carbocycles. The summed E-state index contributed by atoms with van der Waals surface area (Å²) in [5.74, 6) is 1.31. The van der Waals surface area contributed by atoms with Crippen LogP contribution in [0.5, 0.6) is 11.5 Å². The van der Waals surface area contributed by atoms with Crippen molar-refractivity contribution in [2.24, 2.45) is 0 Å². The lowest BCUT2D eigenvalue weighted by atomic mass is 9.77. The van der Waals surface area contributed by atoms with Crippen molar-refractivity contribution in [2.45, 2.75) is 50.6 Å². The van der Waals surface area contributed by atoms with Crippen LogP contribution in [0.4, 0.5) is 0 Å². The topological polar surface area (TPSA) is 67.9 Å². The van der Waals surface area contributed by atoms with Crippen molar-refractivity contribution in [1.82, 2.24) is 10.2 Å². The van der Waals surface area contributed by atoms with E-state index in [1.807, 2.05) is 18.2 Å². The summed E-state index contributed by atoms with van der Waals surface area (Å²) in [4.78, 5) is 26.8. The van der Waals surface area contributed by atoms with E-state index in [9.17, 15) is 9.59 Å². The van der Waals surface area contributed by atoms with Gasteiger partial charge in [0.25, 0.3) is 0 Å². The second-order valence-electron chi connectivity index (χ2n) is 6.72. The molecule has 136 valence electrons. The lowest BCUT2D eigenvalue weighted by Gasteiger charge is -2.49. The molecule has 0 radical (unpaired) electrons. The minimum absolute atomic E-state index is 0.0508. The Labute approximate surface area is 148 Å². The van der Waals surface area contributed by atoms with Gasteiger partial charge < -0.3 is 19.7 Å². The zero-order chi connectivity index (χ0) is 17.9. The van der Waals surface area contributed by atoms with E-state index >= 15 is 0 Å². The number of likely N-dealkylation sites (tertiary alicyclic amines) is 1. The molecule has 2 amide bonds. The molecular formula is C19H26N2O4. The molecule has 6 nitrogen and oxygen atoms in total. The minimum Gasteiger partial charge on any atom is -0.493 e. The molecule has 25 heavy (non-hydrogen) atoms. The van der Waals surface area contributed by atoms with Gasteiger partial charge in [-0.25, -0.2) is 0 Å². The Balaban J connectivity index is 1.75. The van der Waals surface area contributed by atoms with Gasteiger partial charge in [-0.3, -0.25) is 9.59 Å². The fourth-order valence-corrected chi connectivity index (χ4v) is 3.96. The van der Waals surface area contributed by atoms with Gasteiger partial charge in [0.05, 0.1) is 14.2 Å². The third-order valence-electron chi connectivity index (χ3n) is 5.39. The quantitative estimate of drug-likeness (QED) is 0.802. The van der Waals surface area contributed by atoms with Crippen LogP contribution in [0.25, 0.3) is 0 Å². The maximum Gasteiger partial charge on any atom is 0.246 e. The molecule has 0 bridgehead atoms. The van der Waals surface area contributed by atoms with E-state index in [-0.39, 0.29) is 11.8 Å². The Morgan fingerprint density at radius 3 is 2.52 bits per heavy atom. The summed E-state index contributed by atoms with van der Waals surface area (Å²) in [5.41, 5.74) is 0.191. The van der Waals surface area contributed by atoms with E-state index in [1.54, 1.807) is 19.1 Å². The average Bonchev–Trinajstić information content (AvgIpc) is 2.64. The van der Waals surface area contributed by atoms with E-state index in [0.29, 0.717) is 31.0 Å². The molecule has 1 aliphatic heterocycles. The minimum atomic E-state index is -0.667. The fraction of sp³-hybridized carbons (Fsp3) is 0.579. The first kappa shape index (κ1) is 17.6. The molecule has 6 heteroatoms. The average molecular weight is 346 g/mol. The highest BCUT2D eigenvalue weighted by molar-refractivity contribution is 5.94. The predicted molar refractivity (Wildman–Crippen MR) is 93.5 cm³/mol. The van der Waals surface area contributed by atoms with Gasteiger partial charge in [0.15, 0.2) is 11.5 Å². The van der Waals surface area contributed by atoms with Crippen molar-refractivity contribution >= 4 is 11.8 Å². The first-order valence-corrected chi connectivity index (χ1v) is 8.91. The third-order valence-corrected chi connectivity index (χ3v) is 5.39. The van der Waals surface area contributed by atoms with Crippen molar-refractivity contribution in [3.8, 4) is 11.5 Å². The van der Waals surface area contributed by atoms with Crippen molar-refractivity contribution in [3.05, 3.63) is 23.8 Å². The standard InChI is InChI=1S/C19H26N2O4/c1-24-15-8-6-7-14(17(15)25-2)13-20-18(23)19(10-4-3-5-11-19)21-12-9-16(21)22/h6-8H,3-5,9-13H2,1-2H3,(H,20,23). The number of rotatable bonds is 6. The molecule has 0 unspecified atom stereocenters. The Bertz CT molecular complexity index is 653. The normalized spacial score (nSPS) is 19.1. The number of hydrogen-bond acceptors (Lipinski definition) is 4. The lowest BCUT2D eigenvalue weighted by molar-refractivity contribution is -0.159. The highest BCUT2D eigenvalue weighted by atomic mass is 16.5. The van der Waals surface area contributed by atoms with Crippen LogP contribution >= 0.6 is 0 Å². The van der Waals surface area contributed by atoms with Gasteiger partial charge in [-0.1, -0.05) is 31.4 Å². The Morgan fingerprint density at radius 2 is 1.96 bits per heavy atom. The van der Waals surface area contributed by atoms with Gasteiger partial charge in [0, 0.05) is 25.1 Å². The molecule has 2 aliphatic rings. The second-order valence-corrected chi connectivity index (χ2v) is 6.72. The summed E-state index contributed by atoms with van der Waals surface area (Å²) < 4.78 is 10.7. The van der Waals surface area contributed by atoms with Crippen LogP contribution in [0.2, 0.25) is 0 Å². The molecule has 3 rings (SSSR count). The molecule has 1 heterocycles. The van der Waals surface area contributed by atoms with E-state index in [2.05, 4.69) is 5.32 Å². The lowest BCUT2D eigenvalue weighted by Crippen LogP contribution is -2.65. The summed E-state index contributed by atoms with van der Waals surface area (Å²) in [7, 11) is 3.18. The van der Waals surface area contributed by atoms with Gasteiger partial charge in [-0.2, -0.15) is 0 Å². The molecule has 1 N–H and O–H groups in total. The summed E-state index contributed by atoms with van der Waals surface area (Å²) in [6, 6.07) is 5.60. The largest absolute Gasteiger partial charge is 0.493 e. The monoisotopic (exact) mass is 346 g/mol. The highest BCUT2D eigenvalue weighted by Gasteiger charge is 2.49. The number of amides is 2. The number of benzene rings is 1. The summed E-state index contributed by atoms with van der Waals surface area (Å²) in [6.07, 6.45) is 5.15. The van der Waals surface area contributed by atoms with E-state index in [1.165, 1.54) is 0 Å². The van der Waals surface area contributed by atoms with Gasteiger partial charge in [-0.05, 0) is 18.9 Å². The zero-order valence-electron chi connectivity index (χ0n) is 15.0. The van der Waals surface area contributed by atoms with Crippen LogP contribution < -0.4 is 14.8 Å². The highest BCUT2D eigenvalue weighted by Crippen LogP contribution is 2.38. The van der Waals surface area contributed by atoms with Crippen molar-refractivity contribution < 1.29 is 19.1 Å². The van der Waals surface area contributed by atoms with Crippen LogP contribution in [0.1, 0.15) is 44.1 Å². The molecule has 0 atom stereocenters. The first-order valence-electron chi connectivity index (χ1n) is 8.91. The predicted octanol–water partition coefficient (Wildman–Crippen LogP) is 2.26. The Morgan fingerprint density at radius 1 is 1.20 bits per heavy atom. The SMILES string of the molecule is COc1cccc(CNC(=O)C2(N3CCC3=O)CCCCC2)c1OC. The van der Waals surface area contributed by atoms with E-state index in [4.69, 9.17) is 9.47 Å². The second kappa shape index (κ2) is 7.33. The molecule has 2 fully saturated rings. The Kier molecular flexibility index (Phi) is 5.16. The maximum atomic E-state index is 13.1. The number of nitrogens with one attached hydrogen (secondary N) is 1. The van der Waals surface area contributed by atoms with Crippen molar-refractivity contribution in [1.29, 1.82) is 0 Å². The number of β-lactam (4-membered cyclic amide) rings is 1. The number of methoxy groups -OCH3 is 2. The molecule has 1 aromatic carbocycles. The van der Waals surface area contributed by atoms with Crippen LogP contribution in [-0.2, 0) is 16.1 Å². The van der Waals surface area contributed by atoms with Gasteiger partial charge >= 0.3 is 0 Å². The van der Waals surface area contributed by atoms with Gasteiger partial charge in [0.1, 0.15) is 5.54 Å². The number of nitrogens with zero attached hydrogens (tertiary/aromatic N) is 1. The van der Waals surface area contributed by atoms with E-state index in [0.717, 1.165) is 37.7 Å². The molecule has 0 aromatic heterocycles. The Hall–Kier alpha value is -2.24. The summed E-state index contributed by atoms with van der Waals surface area (Å²) in [5, 5.41) is 3.04.